The van der Waals surface area contributed by atoms with Crippen LogP contribution in [-0.2, 0) is 21.7 Å². The normalized spacial score (nSPS) is 16.5. The zero-order chi connectivity index (χ0) is 18.4. The lowest BCUT2D eigenvalue weighted by molar-refractivity contribution is -0.156. The fourth-order valence-corrected chi connectivity index (χ4v) is 2.60. The van der Waals surface area contributed by atoms with Crippen LogP contribution in [0.3, 0.4) is 0 Å². The molecule has 130 valence electrons. The minimum absolute atomic E-state index is 0.0524. The third-order valence-electron chi connectivity index (χ3n) is 3.85. The van der Waals surface area contributed by atoms with Crippen molar-refractivity contribution in [1.82, 2.24) is 15.2 Å². The third kappa shape index (κ3) is 2.48. The number of hydrogen-bond donors (Lipinski definition) is 4. The highest BCUT2D eigenvalue weighted by molar-refractivity contribution is 6.21. The van der Waals surface area contributed by atoms with Gasteiger partial charge in [0.2, 0.25) is 0 Å². The van der Waals surface area contributed by atoms with Crippen LogP contribution in [0.4, 0.5) is 4.79 Å². The number of hydrogen-bond acceptors (Lipinski definition) is 7. The fraction of sp³-hybridized carbons (Fsp3) is 0.200. The van der Waals surface area contributed by atoms with Crippen molar-refractivity contribution in [3.05, 3.63) is 51.8 Å². The molecule has 0 aliphatic carbocycles. The van der Waals surface area contributed by atoms with E-state index in [0.717, 1.165) is 10.6 Å². The molecule has 10 heteroatoms. The van der Waals surface area contributed by atoms with E-state index >= 15 is 0 Å². The molecule has 2 aromatic rings. The maximum absolute atomic E-state index is 12.8. The van der Waals surface area contributed by atoms with Crippen molar-refractivity contribution in [1.29, 1.82) is 0 Å². The first-order chi connectivity index (χ1) is 11.7. The average molecular weight is 347 g/mol. The summed E-state index contributed by atoms with van der Waals surface area (Å²) in [6.45, 7) is 1.46. The maximum atomic E-state index is 12.8. The number of nitrogens with zero attached hydrogens (tertiary/aromatic N) is 1. The Kier molecular flexibility index (Phi) is 3.68. The first kappa shape index (κ1) is 16.5. The number of pyridine rings is 1. The molecule has 0 aromatic carbocycles. The summed E-state index contributed by atoms with van der Waals surface area (Å²) in [5.41, 5.74) is -4.57. The minimum Gasteiger partial charge on any atom is -0.507 e. The molecule has 2 aromatic heterocycles. The van der Waals surface area contributed by atoms with Gasteiger partial charge in [0.1, 0.15) is 17.1 Å². The van der Waals surface area contributed by atoms with Crippen LogP contribution in [-0.4, -0.2) is 32.6 Å². The molecule has 1 aliphatic rings. The van der Waals surface area contributed by atoms with E-state index in [1.165, 1.54) is 13.2 Å². The zero-order valence-corrected chi connectivity index (χ0v) is 12.9. The van der Waals surface area contributed by atoms with E-state index in [9.17, 15) is 29.4 Å². The van der Waals surface area contributed by atoms with Gasteiger partial charge in [-0.15, -0.1) is 0 Å². The van der Waals surface area contributed by atoms with Crippen LogP contribution in [0.1, 0.15) is 17.0 Å². The van der Waals surface area contributed by atoms with Crippen LogP contribution < -0.4 is 16.2 Å². The van der Waals surface area contributed by atoms with Crippen molar-refractivity contribution >= 4 is 17.8 Å². The van der Waals surface area contributed by atoms with E-state index in [1.807, 2.05) is 0 Å². The Morgan fingerprint density at radius 2 is 1.84 bits per heavy atom. The van der Waals surface area contributed by atoms with Crippen LogP contribution in [0.15, 0.2) is 33.7 Å². The molecule has 0 radical (unpaired) electrons. The number of aromatic hydroxyl groups is 1. The lowest BCUT2D eigenvalue weighted by Gasteiger charge is -2.29. The Morgan fingerprint density at radius 3 is 2.40 bits per heavy atom. The predicted octanol–water partition coefficient (Wildman–Crippen LogP) is -0.943. The number of aliphatic hydroxyl groups is 1. The highest BCUT2D eigenvalue weighted by atomic mass is 16.3. The van der Waals surface area contributed by atoms with E-state index in [4.69, 9.17) is 4.42 Å². The van der Waals surface area contributed by atoms with Crippen molar-refractivity contribution < 1.29 is 29.0 Å². The van der Waals surface area contributed by atoms with Crippen LogP contribution in [0.25, 0.3) is 0 Å². The molecule has 4 amide bonds. The van der Waals surface area contributed by atoms with Crippen LogP contribution in [0, 0.1) is 6.92 Å². The number of furan rings is 1. The summed E-state index contributed by atoms with van der Waals surface area (Å²) >= 11 is 0. The standard InChI is InChI=1S/C15H13N3O7/c1-7-5-9(19)10(11(20)18(7)6-8-3-2-4-25-8)15(24)12(21)16-14(23)17-13(15)22/h2-5,19,24H,6H2,1H3,(H2,16,17,21,22,23). The molecule has 4 N–H and O–H groups in total. The highest BCUT2D eigenvalue weighted by Gasteiger charge is 2.54. The van der Waals surface area contributed by atoms with E-state index in [1.54, 1.807) is 22.8 Å². The number of urea groups is 1. The van der Waals surface area contributed by atoms with E-state index < -0.39 is 40.3 Å². The molecule has 3 rings (SSSR count). The molecular formula is C15H13N3O7. The summed E-state index contributed by atoms with van der Waals surface area (Å²) in [5, 5.41) is 24.0. The second kappa shape index (κ2) is 5.60. The molecule has 0 saturated carbocycles. The van der Waals surface area contributed by atoms with Gasteiger partial charge in [-0.3, -0.25) is 25.0 Å². The Hall–Kier alpha value is -3.40. The molecule has 10 nitrogen and oxygen atoms in total. The number of rotatable bonds is 3. The first-order valence-electron chi connectivity index (χ1n) is 7.10. The second-order valence-electron chi connectivity index (χ2n) is 5.46. The van der Waals surface area contributed by atoms with Crippen molar-refractivity contribution in [2.75, 3.05) is 0 Å². The minimum atomic E-state index is -3.05. The SMILES string of the molecule is Cc1cc(O)c(C2(O)C(=O)NC(=O)NC2=O)c(=O)n1Cc1ccco1. The summed E-state index contributed by atoms with van der Waals surface area (Å²) in [6, 6.07) is 3.20. The molecule has 0 atom stereocenters. The van der Waals surface area contributed by atoms with Crippen molar-refractivity contribution in [3.63, 3.8) is 0 Å². The van der Waals surface area contributed by atoms with Crippen LogP contribution >= 0.6 is 0 Å². The van der Waals surface area contributed by atoms with Gasteiger partial charge in [0.15, 0.2) is 0 Å². The number of aryl methyl sites for hydroxylation is 1. The fourth-order valence-electron chi connectivity index (χ4n) is 2.60. The van der Waals surface area contributed by atoms with Gasteiger partial charge in [-0.2, -0.15) is 0 Å². The molecule has 0 spiro atoms. The molecule has 25 heavy (non-hydrogen) atoms. The van der Waals surface area contributed by atoms with Gasteiger partial charge >= 0.3 is 6.03 Å². The topological polar surface area (TPSA) is 151 Å². The average Bonchev–Trinajstić information content (AvgIpc) is 3.02. The molecule has 0 unspecified atom stereocenters. The number of aromatic nitrogens is 1. The third-order valence-corrected chi connectivity index (χ3v) is 3.85. The zero-order valence-electron chi connectivity index (χ0n) is 12.9. The lowest BCUT2D eigenvalue weighted by Crippen LogP contribution is -2.66. The van der Waals surface area contributed by atoms with Gasteiger partial charge in [0.25, 0.3) is 23.0 Å². The van der Waals surface area contributed by atoms with Gasteiger partial charge in [-0.25, -0.2) is 4.79 Å². The number of nitrogens with one attached hydrogen (secondary N) is 2. The molecule has 1 aliphatic heterocycles. The number of barbiturate groups is 1. The largest absolute Gasteiger partial charge is 0.507 e. The van der Waals surface area contributed by atoms with Gasteiger partial charge in [-0.05, 0) is 25.1 Å². The quantitative estimate of drug-likeness (QED) is 0.523. The van der Waals surface area contributed by atoms with Gasteiger partial charge < -0.3 is 19.2 Å². The smallest absolute Gasteiger partial charge is 0.328 e. The summed E-state index contributed by atoms with van der Waals surface area (Å²) in [7, 11) is 0. The summed E-state index contributed by atoms with van der Waals surface area (Å²) < 4.78 is 6.27. The number of carbonyl (C=O) groups excluding carboxylic acids is 3. The second-order valence-corrected chi connectivity index (χ2v) is 5.46. The Labute approximate surface area is 139 Å². The van der Waals surface area contributed by atoms with Crippen LogP contribution in [0.5, 0.6) is 5.75 Å². The Balaban J connectivity index is 2.19. The summed E-state index contributed by atoms with van der Waals surface area (Å²) in [6.07, 6.45) is 1.40. The molecule has 1 saturated heterocycles. The van der Waals surface area contributed by atoms with Gasteiger partial charge in [0, 0.05) is 5.69 Å². The Bertz CT molecular complexity index is 923. The lowest BCUT2D eigenvalue weighted by atomic mass is 9.90. The first-order valence-corrected chi connectivity index (χ1v) is 7.10. The number of amides is 4. The molecule has 1 fully saturated rings. The van der Waals surface area contributed by atoms with Crippen molar-refractivity contribution in [2.45, 2.75) is 19.1 Å². The number of carbonyl (C=O) groups is 3. The van der Waals surface area contributed by atoms with Gasteiger partial charge in [0.05, 0.1) is 12.8 Å². The van der Waals surface area contributed by atoms with Gasteiger partial charge in [-0.1, -0.05) is 0 Å². The van der Waals surface area contributed by atoms with E-state index in [-0.39, 0.29) is 6.54 Å². The highest BCUT2D eigenvalue weighted by Crippen LogP contribution is 2.29. The summed E-state index contributed by atoms with van der Waals surface area (Å²) in [5.74, 6) is -3.20. The van der Waals surface area contributed by atoms with Crippen molar-refractivity contribution in [3.8, 4) is 5.75 Å². The molecule has 3 heterocycles. The molecule has 0 bridgehead atoms. The molecular weight excluding hydrogens is 334 g/mol. The Morgan fingerprint density at radius 1 is 1.20 bits per heavy atom. The van der Waals surface area contributed by atoms with E-state index in [0.29, 0.717) is 11.5 Å². The maximum Gasteiger partial charge on any atom is 0.328 e. The van der Waals surface area contributed by atoms with Crippen molar-refractivity contribution in [2.24, 2.45) is 0 Å². The predicted molar refractivity (Wildman–Crippen MR) is 80.5 cm³/mol. The number of imide groups is 2. The summed E-state index contributed by atoms with van der Waals surface area (Å²) in [4.78, 5) is 48.0. The monoisotopic (exact) mass is 347 g/mol. The van der Waals surface area contributed by atoms with E-state index in [2.05, 4.69) is 0 Å². The van der Waals surface area contributed by atoms with Crippen LogP contribution in [0.2, 0.25) is 0 Å².